The van der Waals surface area contributed by atoms with Crippen molar-refractivity contribution in [3.05, 3.63) is 47.6 Å². The fourth-order valence-electron chi connectivity index (χ4n) is 2.06. The van der Waals surface area contributed by atoms with Gasteiger partial charge in [-0.25, -0.2) is 4.52 Å². The number of nitrogen functional groups attached to an aromatic ring is 1. The van der Waals surface area contributed by atoms with Gasteiger partial charge in [-0.2, -0.15) is 5.10 Å². The Bertz CT molecular complexity index is 737. The number of halogens is 1. The van der Waals surface area contributed by atoms with Gasteiger partial charge in [0.15, 0.2) is 0 Å². The number of hydrogen-bond acceptors (Lipinski definition) is 3. The van der Waals surface area contributed by atoms with E-state index in [1.165, 1.54) is 0 Å². The summed E-state index contributed by atoms with van der Waals surface area (Å²) in [5.41, 5.74) is 8.78. The Morgan fingerprint density at radius 2 is 2.00 bits per heavy atom. The maximum absolute atomic E-state index is 6.42. The molecule has 3 rings (SSSR count). The molecule has 0 spiro atoms. The normalized spacial score (nSPS) is 10.8. The molecule has 0 atom stereocenters. The number of aromatic nitrogens is 2. The fourth-order valence-corrected chi connectivity index (χ4v) is 2.39. The molecule has 2 N–H and O–H groups in total. The van der Waals surface area contributed by atoms with Gasteiger partial charge in [-0.05, 0) is 0 Å². The van der Waals surface area contributed by atoms with Crippen LogP contribution in [0.4, 0.5) is 5.69 Å². The summed E-state index contributed by atoms with van der Waals surface area (Å²) >= 11 is 6.42. The highest BCUT2D eigenvalue weighted by atomic mass is 35.5. The van der Waals surface area contributed by atoms with Gasteiger partial charge in [-0.3, -0.25) is 0 Å². The van der Waals surface area contributed by atoms with Crippen LogP contribution in [-0.2, 0) is 0 Å². The lowest BCUT2D eigenvalue weighted by Crippen LogP contribution is -1.95. The monoisotopic (exact) mass is 273 g/mol. The van der Waals surface area contributed by atoms with Crippen LogP contribution in [-0.4, -0.2) is 16.7 Å². The first-order valence-electron chi connectivity index (χ1n) is 5.77. The number of benzene rings is 1. The van der Waals surface area contributed by atoms with Gasteiger partial charge in [0.25, 0.3) is 0 Å². The zero-order valence-corrected chi connectivity index (χ0v) is 11.1. The molecule has 96 valence electrons. The van der Waals surface area contributed by atoms with Crippen molar-refractivity contribution >= 4 is 22.8 Å². The fraction of sp³-hybridized carbons (Fsp3) is 0.0714. The molecule has 1 aromatic carbocycles. The molecule has 0 aliphatic rings. The van der Waals surface area contributed by atoms with Gasteiger partial charge < -0.3 is 10.5 Å². The lowest BCUT2D eigenvalue weighted by Gasteiger charge is -2.04. The molecule has 3 aromatic rings. The van der Waals surface area contributed by atoms with Crippen molar-refractivity contribution in [2.24, 2.45) is 0 Å². The first-order chi connectivity index (χ1) is 9.20. The molecule has 0 aliphatic carbocycles. The molecule has 19 heavy (non-hydrogen) atoms. The number of nitrogens with two attached hydrogens (primary N) is 1. The predicted octanol–water partition coefficient (Wildman–Crippen LogP) is 3.25. The van der Waals surface area contributed by atoms with Gasteiger partial charge in [0.1, 0.15) is 17.0 Å². The van der Waals surface area contributed by atoms with E-state index in [-0.39, 0.29) is 0 Å². The molecule has 4 nitrogen and oxygen atoms in total. The quantitative estimate of drug-likeness (QED) is 0.780. The molecular weight excluding hydrogens is 262 g/mol. The van der Waals surface area contributed by atoms with Gasteiger partial charge in [-0.15, -0.1) is 0 Å². The number of hydrogen-bond donors (Lipinski definition) is 1. The first kappa shape index (κ1) is 11.9. The maximum Gasteiger partial charge on any atom is 0.148 e. The Balaban J connectivity index is 2.32. The van der Waals surface area contributed by atoms with Crippen LogP contribution in [0.5, 0.6) is 5.75 Å². The second-order valence-electron chi connectivity index (χ2n) is 4.16. The number of nitrogens with zero attached hydrogens (tertiary/aromatic N) is 2. The topological polar surface area (TPSA) is 52.5 Å². The van der Waals surface area contributed by atoms with Gasteiger partial charge in [0.05, 0.1) is 24.0 Å². The average molecular weight is 274 g/mol. The minimum atomic E-state index is 0.558. The minimum Gasteiger partial charge on any atom is -0.494 e. The molecular formula is C14H12ClN3O. The van der Waals surface area contributed by atoms with Crippen molar-refractivity contribution in [3.8, 4) is 17.0 Å². The Hall–Kier alpha value is -2.20. The van der Waals surface area contributed by atoms with E-state index in [1.807, 2.05) is 30.3 Å². The summed E-state index contributed by atoms with van der Waals surface area (Å²) < 4.78 is 6.96. The van der Waals surface area contributed by atoms with E-state index in [0.717, 1.165) is 11.1 Å². The minimum absolute atomic E-state index is 0.558. The highest BCUT2D eigenvalue weighted by molar-refractivity contribution is 6.36. The smallest absolute Gasteiger partial charge is 0.148 e. The van der Waals surface area contributed by atoms with E-state index < -0.39 is 0 Å². The Morgan fingerprint density at radius 1 is 1.26 bits per heavy atom. The van der Waals surface area contributed by atoms with Crippen molar-refractivity contribution in [2.75, 3.05) is 12.8 Å². The third kappa shape index (κ3) is 1.90. The molecule has 0 saturated heterocycles. The van der Waals surface area contributed by atoms with Crippen molar-refractivity contribution in [3.63, 3.8) is 0 Å². The Kier molecular flexibility index (Phi) is 2.80. The second-order valence-corrected chi connectivity index (χ2v) is 4.54. The van der Waals surface area contributed by atoms with Crippen LogP contribution in [0, 0.1) is 0 Å². The standard InChI is InChI=1S/C14H12ClN3O/c1-19-11-7-10(16)8-18-14(11)12(15)13(17-18)9-5-3-2-4-6-9/h2-8H,16H2,1H3. The van der Waals surface area contributed by atoms with Crippen LogP contribution in [0.3, 0.4) is 0 Å². The number of anilines is 1. The van der Waals surface area contributed by atoms with Crippen LogP contribution in [0.2, 0.25) is 5.02 Å². The molecule has 2 aromatic heterocycles. The summed E-state index contributed by atoms with van der Waals surface area (Å²) in [4.78, 5) is 0. The summed E-state index contributed by atoms with van der Waals surface area (Å²) in [6.07, 6.45) is 1.72. The zero-order chi connectivity index (χ0) is 13.4. The summed E-state index contributed by atoms with van der Waals surface area (Å²) in [6, 6.07) is 11.5. The van der Waals surface area contributed by atoms with Gasteiger partial charge in [0, 0.05) is 11.6 Å². The van der Waals surface area contributed by atoms with Gasteiger partial charge in [0.2, 0.25) is 0 Å². The van der Waals surface area contributed by atoms with Crippen molar-refractivity contribution in [2.45, 2.75) is 0 Å². The van der Waals surface area contributed by atoms with E-state index >= 15 is 0 Å². The van der Waals surface area contributed by atoms with Crippen LogP contribution < -0.4 is 10.5 Å². The largest absolute Gasteiger partial charge is 0.494 e. The number of pyridine rings is 1. The molecule has 2 heterocycles. The predicted molar refractivity (Wildman–Crippen MR) is 76.6 cm³/mol. The Morgan fingerprint density at radius 3 is 2.68 bits per heavy atom. The lowest BCUT2D eigenvalue weighted by molar-refractivity contribution is 0.418. The second kappa shape index (κ2) is 4.48. The van der Waals surface area contributed by atoms with Gasteiger partial charge in [-0.1, -0.05) is 41.9 Å². The van der Waals surface area contributed by atoms with E-state index in [0.29, 0.717) is 22.2 Å². The highest BCUT2D eigenvalue weighted by Gasteiger charge is 2.16. The SMILES string of the molecule is COc1cc(N)cn2nc(-c3ccccc3)c(Cl)c12. The van der Waals surface area contributed by atoms with E-state index in [4.69, 9.17) is 22.1 Å². The zero-order valence-electron chi connectivity index (χ0n) is 10.3. The third-order valence-corrected chi connectivity index (χ3v) is 3.28. The average Bonchev–Trinajstić information content (AvgIpc) is 2.76. The van der Waals surface area contributed by atoms with Crippen molar-refractivity contribution < 1.29 is 4.74 Å². The van der Waals surface area contributed by atoms with E-state index in [9.17, 15) is 0 Å². The summed E-state index contributed by atoms with van der Waals surface area (Å²) in [5.74, 6) is 0.611. The highest BCUT2D eigenvalue weighted by Crippen LogP contribution is 2.36. The van der Waals surface area contributed by atoms with Crippen LogP contribution in [0.1, 0.15) is 0 Å². The van der Waals surface area contributed by atoms with Crippen LogP contribution >= 0.6 is 11.6 Å². The molecule has 5 heteroatoms. The van der Waals surface area contributed by atoms with E-state index in [1.54, 1.807) is 23.9 Å². The summed E-state index contributed by atoms with van der Waals surface area (Å²) in [7, 11) is 1.58. The molecule has 0 aliphatic heterocycles. The molecule has 0 saturated carbocycles. The van der Waals surface area contributed by atoms with Crippen LogP contribution in [0.25, 0.3) is 16.8 Å². The molecule has 0 fully saturated rings. The van der Waals surface area contributed by atoms with Gasteiger partial charge >= 0.3 is 0 Å². The Labute approximate surface area is 115 Å². The molecule has 0 bridgehead atoms. The lowest BCUT2D eigenvalue weighted by atomic mass is 10.1. The molecule has 0 amide bonds. The molecule has 0 radical (unpaired) electrons. The summed E-state index contributed by atoms with van der Waals surface area (Å²) in [5, 5.41) is 5.04. The number of methoxy groups -OCH3 is 1. The van der Waals surface area contributed by atoms with Crippen LogP contribution in [0.15, 0.2) is 42.6 Å². The van der Waals surface area contributed by atoms with Crippen molar-refractivity contribution in [1.29, 1.82) is 0 Å². The van der Waals surface area contributed by atoms with Crippen molar-refractivity contribution in [1.82, 2.24) is 9.61 Å². The number of fused-ring (bicyclic) bond motifs is 1. The number of ether oxygens (including phenoxy) is 1. The first-order valence-corrected chi connectivity index (χ1v) is 6.15. The van der Waals surface area contributed by atoms with E-state index in [2.05, 4.69) is 5.10 Å². The number of rotatable bonds is 2. The third-order valence-electron chi connectivity index (χ3n) is 2.92. The summed E-state index contributed by atoms with van der Waals surface area (Å²) in [6.45, 7) is 0. The molecule has 0 unspecified atom stereocenters. The maximum atomic E-state index is 6.42.